The van der Waals surface area contributed by atoms with E-state index in [-0.39, 0.29) is 12.8 Å². The lowest BCUT2D eigenvalue weighted by atomic mass is 10.0. The maximum Gasteiger partial charge on any atom is 0.331 e. The molecule has 3 rings (SSSR count). The highest BCUT2D eigenvalue weighted by Crippen LogP contribution is 2.43. The zero-order chi connectivity index (χ0) is 14.3. The van der Waals surface area contributed by atoms with Crippen LogP contribution < -0.4 is 9.47 Å². The first-order valence-corrected chi connectivity index (χ1v) is 6.95. The van der Waals surface area contributed by atoms with Gasteiger partial charge in [-0.1, -0.05) is 0 Å². The molecule has 20 heavy (non-hydrogen) atoms. The van der Waals surface area contributed by atoms with Crippen LogP contribution >= 0.6 is 15.9 Å². The van der Waals surface area contributed by atoms with Crippen LogP contribution in [0.1, 0.15) is 24.4 Å². The van der Waals surface area contributed by atoms with Gasteiger partial charge in [0, 0.05) is 6.04 Å². The predicted molar refractivity (Wildman–Crippen MR) is 71.6 cm³/mol. The molecule has 1 unspecified atom stereocenters. The number of halogens is 1. The minimum absolute atomic E-state index is 0.0119. The summed E-state index contributed by atoms with van der Waals surface area (Å²) in [4.78, 5) is 24.1. The van der Waals surface area contributed by atoms with Gasteiger partial charge in [0.2, 0.25) is 13.2 Å². The number of hydrogen-bond acceptors (Lipinski definition) is 4. The lowest BCUT2D eigenvalue weighted by Gasteiger charge is -2.25. The second-order valence-electron chi connectivity index (χ2n) is 4.76. The number of benzene rings is 1. The fraction of sp³-hybridized carbons (Fsp3) is 0.385. The number of carboxylic acids is 1. The van der Waals surface area contributed by atoms with Crippen LogP contribution in [0.3, 0.4) is 0 Å². The van der Waals surface area contributed by atoms with E-state index >= 15 is 0 Å². The Morgan fingerprint density at radius 1 is 1.45 bits per heavy atom. The lowest BCUT2D eigenvalue weighted by Crippen LogP contribution is -2.34. The van der Waals surface area contributed by atoms with Gasteiger partial charge in [0.15, 0.2) is 17.5 Å². The maximum absolute atomic E-state index is 11.6. The van der Waals surface area contributed by atoms with Crippen LogP contribution in [0.15, 0.2) is 16.6 Å². The van der Waals surface area contributed by atoms with E-state index in [9.17, 15) is 14.7 Å². The van der Waals surface area contributed by atoms with Crippen molar-refractivity contribution in [3.63, 3.8) is 0 Å². The number of aliphatic carboxylic acids is 1. The molecule has 7 heteroatoms. The van der Waals surface area contributed by atoms with Crippen LogP contribution in [0.25, 0.3) is 0 Å². The van der Waals surface area contributed by atoms with Crippen molar-refractivity contribution < 1.29 is 24.2 Å². The van der Waals surface area contributed by atoms with Crippen molar-refractivity contribution in [3.8, 4) is 11.5 Å². The fourth-order valence-electron chi connectivity index (χ4n) is 2.32. The molecule has 6 nitrogen and oxygen atoms in total. The average Bonchev–Trinajstić information content (AvgIpc) is 3.12. The topological polar surface area (TPSA) is 76.1 Å². The van der Waals surface area contributed by atoms with E-state index in [1.165, 1.54) is 4.90 Å². The second-order valence-corrected chi connectivity index (χ2v) is 5.62. The Labute approximate surface area is 123 Å². The summed E-state index contributed by atoms with van der Waals surface area (Å²) in [5, 5.41) is 9.46. The molecule has 1 aromatic carbocycles. The van der Waals surface area contributed by atoms with Crippen LogP contribution in [-0.2, 0) is 9.59 Å². The Balaban J connectivity index is 2.01. The van der Waals surface area contributed by atoms with Crippen molar-refractivity contribution in [2.75, 3.05) is 6.79 Å². The highest BCUT2D eigenvalue weighted by Gasteiger charge is 2.38. The summed E-state index contributed by atoms with van der Waals surface area (Å²) in [5.41, 5.74) is 0.493. The van der Waals surface area contributed by atoms with E-state index in [2.05, 4.69) is 15.9 Å². The molecule has 1 N–H and O–H groups in total. The van der Waals surface area contributed by atoms with Crippen LogP contribution in [-0.4, -0.2) is 35.2 Å². The summed E-state index contributed by atoms with van der Waals surface area (Å²) in [6.45, 7) is 0.106. The number of carboxylic acid groups (broad SMARTS) is 1. The monoisotopic (exact) mass is 341 g/mol. The number of nitrogens with zero attached hydrogens (tertiary/aromatic N) is 1. The number of ether oxygens (including phenoxy) is 2. The van der Waals surface area contributed by atoms with Gasteiger partial charge in [-0.2, -0.15) is 0 Å². The number of rotatable bonds is 5. The summed E-state index contributed by atoms with van der Waals surface area (Å²) < 4.78 is 11.2. The molecule has 1 saturated carbocycles. The van der Waals surface area contributed by atoms with Gasteiger partial charge in [-0.3, -0.25) is 4.79 Å². The molecule has 106 valence electrons. The Kier molecular flexibility index (Phi) is 3.29. The molecule has 1 aliphatic carbocycles. The minimum atomic E-state index is -1.06. The molecular formula is C13H12BrNO5. The van der Waals surface area contributed by atoms with Crippen LogP contribution in [0, 0.1) is 0 Å². The molecule has 1 fully saturated rings. The molecular weight excluding hydrogens is 330 g/mol. The largest absolute Gasteiger partial charge is 0.479 e. The van der Waals surface area contributed by atoms with E-state index < -0.39 is 12.0 Å². The number of hydrogen-bond donors (Lipinski definition) is 1. The van der Waals surface area contributed by atoms with Crippen molar-refractivity contribution in [2.45, 2.75) is 24.9 Å². The quantitative estimate of drug-likeness (QED) is 0.828. The highest BCUT2D eigenvalue weighted by molar-refractivity contribution is 9.10. The van der Waals surface area contributed by atoms with Crippen molar-refractivity contribution in [1.82, 2.24) is 4.90 Å². The Bertz CT molecular complexity index is 572. The van der Waals surface area contributed by atoms with Gasteiger partial charge in [-0.15, -0.1) is 0 Å². The smallest absolute Gasteiger partial charge is 0.331 e. The third kappa shape index (κ3) is 2.22. The van der Waals surface area contributed by atoms with Crippen LogP contribution in [0.5, 0.6) is 11.5 Å². The van der Waals surface area contributed by atoms with Gasteiger partial charge in [0.05, 0.1) is 4.47 Å². The molecule has 0 spiro atoms. The fourth-order valence-corrected chi connectivity index (χ4v) is 2.89. The highest BCUT2D eigenvalue weighted by atomic mass is 79.9. The first kappa shape index (κ1) is 13.2. The third-order valence-electron chi connectivity index (χ3n) is 3.39. The number of fused-ring (bicyclic) bond motifs is 1. The number of carbonyl (C=O) groups excluding carboxylic acids is 1. The molecule has 0 aromatic heterocycles. The van der Waals surface area contributed by atoms with E-state index in [0.29, 0.717) is 27.9 Å². The third-order valence-corrected chi connectivity index (χ3v) is 3.98. The summed E-state index contributed by atoms with van der Waals surface area (Å²) >= 11 is 3.33. The predicted octanol–water partition coefficient (Wildman–Crippen LogP) is 1.92. The summed E-state index contributed by atoms with van der Waals surface area (Å²) in [7, 11) is 0. The molecule has 1 aromatic rings. The number of carbonyl (C=O) groups is 2. The maximum atomic E-state index is 11.6. The first-order chi connectivity index (χ1) is 9.61. The average molecular weight is 342 g/mol. The van der Waals surface area contributed by atoms with Crippen molar-refractivity contribution in [3.05, 3.63) is 22.2 Å². The van der Waals surface area contributed by atoms with Crippen LogP contribution in [0.4, 0.5) is 0 Å². The molecule has 0 bridgehead atoms. The Morgan fingerprint density at radius 2 is 2.20 bits per heavy atom. The van der Waals surface area contributed by atoms with Gasteiger partial charge < -0.3 is 19.5 Å². The van der Waals surface area contributed by atoms with E-state index in [0.717, 1.165) is 12.8 Å². The molecule has 1 amide bonds. The summed E-state index contributed by atoms with van der Waals surface area (Å²) in [6, 6.07) is 2.28. The van der Waals surface area contributed by atoms with Crippen LogP contribution in [0.2, 0.25) is 0 Å². The van der Waals surface area contributed by atoms with E-state index in [4.69, 9.17) is 9.47 Å². The Morgan fingerprint density at radius 3 is 2.80 bits per heavy atom. The number of amides is 1. The first-order valence-electron chi connectivity index (χ1n) is 6.16. The van der Waals surface area contributed by atoms with Gasteiger partial charge >= 0.3 is 5.97 Å². The second kappa shape index (κ2) is 4.97. The van der Waals surface area contributed by atoms with E-state index in [1.54, 1.807) is 12.1 Å². The van der Waals surface area contributed by atoms with Gasteiger partial charge in [0.1, 0.15) is 0 Å². The molecule has 1 heterocycles. The van der Waals surface area contributed by atoms with Gasteiger partial charge in [-0.05, 0) is 46.5 Å². The zero-order valence-electron chi connectivity index (χ0n) is 10.4. The molecule has 0 radical (unpaired) electrons. The van der Waals surface area contributed by atoms with Gasteiger partial charge in [-0.25, -0.2) is 4.79 Å². The minimum Gasteiger partial charge on any atom is -0.479 e. The normalized spacial score (nSPS) is 17.6. The zero-order valence-corrected chi connectivity index (χ0v) is 12.0. The van der Waals surface area contributed by atoms with Crippen molar-refractivity contribution in [2.24, 2.45) is 0 Å². The van der Waals surface area contributed by atoms with Crippen molar-refractivity contribution >= 4 is 28.3 Å². The SMILES string of the molecule is O=CN(C1CC1)C(C(=O)O)c1cc(Br)c2c(c1)OCO2. The summed E-state index contributed by atoms with van der Waals surface area (Å²) in [6.07, 6.45) is 2.29. The van der Waals surface area contributed by atoms with Gasteiger partial charge in [0.25, 0.3) is 0 Å². The standard InChI is InChI=1S/C13H12BrNO5/c14-9-3-7(4-10-12(9)20-6-19-10)11(13(17)18)15(5-16)8-1-2-8/h3-5,8,11H,1-2,6H2,(H,17,18). The van der Waals surface area contributed by atoms with E-state index in [1.807, 2.05) is 0 Å². The molecule has 0 saturated heterocycles. The summed E-state index contributed by atoms with van der Waals surface area (Å²) in [5.74, 6) is -0.0148. The van der Waals surface area contributed by atoms with Crippen molar-refractivity contribution in [1.29, 1.82) is 0 Å². The molecule has 1 aliphatic heterocycles. The molecule has 1 atom stereocenters. The lowest BCUT2D eigenvalue weighted by molar-refractivity contribution is -0.147. The Hall–Kier alpha value is -1.76. The molecule has 2 aliphatic rings.